The number of carbonyl (C=O) groups excluding carboxylic acids is 1. The summed E-state index contributed by atoms with van der Waals surface area (Å²) in [5.41, 5.74) is 6.56. The van der Waals surface area contributed by atoms with Crippen LogP contribution in [0.15, 0.2) is 49.3 Å². The Morgan fingerprint density at radius 1 is 1.40 bits per heavy atom. The Morgan fingerprint density at radius 2 is 2.12 bits per heavy atom. The Labute approximate surface area is 235 Å². The van der Waals surface area contributed by atoms with Crippen molar-refractivity contribution in [2.45, 2.75) is 43.2 Å². The summed E-state index contributed by atoms with van der Waals surface area (Å²) in [7, 11) is -2.56. The first-order valence-corrected chi connectivity index (χ1v) is 14.2. The molecule has 6 atom stereocenters. The van der Waals surface area contributed by atoms with Crippen molar-refractivity contribution in [2.75, 3.05) is 31.3 Å². The SMILES string of the molecule is C=C[C@@]1(Cl)[C@H](O)[C@@H](CO[P@@](=O)(N[C@H](C)C(=O)OCC)Oc2ccccc2)O[C@H]1n1cnc2c(NC)nc(N)nc21. The molecule has 16 heteroatoms. The third-order valence-corrected chi connectivity index (χ3v) is 8.31. The van der Waals surface area contributed by atoms with Gasteiger partial charge in [-0.2, -0.15) is 15.1 Å². The Kier molecular flexibility index (Phi) is 8.98. The lowest BCUT2D eigenvalue weighted by Gasteiger charge is -2.27. The standard InChI is InChI=1S/C24H31ClN7O7P/c1-5-24(25)18(33)16(38-22(24)32-13-28-17-19(27-4)29-23(26)30-20(17)32)12-37-40(35,31-14(3)21(34)36-6-2)39-15-10-8-7-9-11-15/h5,7-11,13-14,16,18,22,33H,1,6,12H2,2-4H3,(H,31,35)(H3,26,27,29,30)/t14-,16-,18-,22-,24-,40+/m1/s1. The van der Waals surface area contributed by atoms with Crippen LogP contribution in [-0.4, -0.2) is 74.0 Å². The molecule has 0 radical (unpaired) electrons. The fourth-order valence-electron chi connectivity index (χ4n) is 4.12. The fraction of sp³-hybridized carbons (Fsp3) is 0.417. The maximum absolute atomic E-state index is 13.8. The summed E-state index contributed by atoms with van der Waals surface area (Å²) in [6, 6.07) is 7.22. The number of fused-ring (bicyclic) bond motifs is 1. The molecule has 3 aromatic rings. The van der Waals surface area contributed by atoms with Crippen molar-refractivity contribution in [3.63, 3.8) is 0 Å². The van der Waals surface area contributed by atoms with Crippen molar-refractivity contribution >= 4 is 48.2 Å². The molecule has 2 aromatic heterocycles. The van der Waals surface area contributed by atoms with E-state index in [2.05, 4.69) is 31.9 Å². The van der Waals surface area contributed by atoms with E-state index in [0.29, 0.717) is 17.0 Å². The van der Waals surface area contributed by atoms with E-state index in [1.807, 2.05) is 0 Å². The topological polar surface area (TPSA) is 185 Å². The number of para-hydroxylation sites is 1. The number of aliphatic hydroxyl groups excluding tert-OH is 1. The van der Waals surface area contributed by atoms with Crippen molar-refractivity contribution in [2.24, 2.45) is 0 Å². The van der Waals surface area contributed by atoms with Crippen molar-refractivity contribution < 1.29 is 33.0 Å². The van der Waals surface area contributed by atoms with Crippen molar-refractivity contribution in [1.82, 2.24) is 24.6 Å². The first-order chi connectivity index (χ1) is 19.0. The van der Waals surface area contributed by atoms with Gasteiger partial charge in [-0.05, 0) is 26.0 Å². The van der Waals surface area contributed by atoms with Gasteiger partial charge in [0.25, 0.3) is 0 Å². The highest BCUT2D eigenvalue weighted by Crippen LogP contribution is 2.49. The van der Waals surface area contributed by atoms with Gasteiger partial charge in [0.2, 0.25) is 5.95 Å². The molecule has 0 aliphatic carbocycles. The molecule has 1 aromatic carbocycles. The maximum atomic E-state index is 13.8. The van der Waals surface area contributed by atoms with Crippen LogP contribution in [-0.2, 0) is 23.4 Å². The zero-order valence-corrected chi connectivity index (χ0v) is 23.7. The van der Waals surface area contributed by atoms with Gasteiger partial charge in [-0.15, -0.1) is 18.2 Å². The van der Waals surface area contributed by atoms with Crippen LogP contribution >= 0.6 is 19.3 Å². The second kappa shape index (κ2) is 12.1. The molecule has 0 unspecified atom stereocenters. The van der Waals surface area contributed by atoms with Crippen LogP contribution in [0.1, 0.15) is 20.1 Å². The van der Waals surface area contributed by atoms with Gasteiger partial charge in [-0.3, -0.25) is 13.9 Å². The molecule has 40 heavy (non-hydrogen) atoms. The number of benzene rings is 1. The number of imidazole rings is 1. The normalized spacial score (nSPS) is 24.8. The Balaban J connectivity index is 1.60. The molecule has 0 amide bonds. The highest BCUT2D eigenvalue weighted by Gasteiger charge is 2.55. The van der Waals surface area contributed by atoms with Crippen LogP contribution in [0.4, 0.5) is 11.8 Å². The molecule has 0 bridgehead atoms. The van der Waals surface area contributed by atoms with E-state index in [4.69, 9.17) is 35.9 Å². The molecule has 216 valence electrons. The summed E-state index contributed by atoms with van der Waals surface area (Å²) in [4.78, 5) is 23.4. The zero-order chi connectivity index (χ0) is 29.1. The molecular weight excluding hydrogens is 565 g/mol. The smallest absolute Gasteiger partial charge is 0.459 e. The van der Waals surface area contributed by atoms with E-state index in [1.165, 1.54) is 23.9 Å². The number of aromatic nitrogens is 4. The molecule has 4 rings (SSSR count). The van der Waals surface area contributed by atoms with Gasteiger partial charge < -0.3 is 30.2 Å². The number of hydrogen-bond donors (Lipinski definition) is 4. The number of rotatable bonds is 12. The van der Waals surface area contributed by atoms with E-state index >= 15 is 0 Å². The number of nitrogens with one attached hydrogen (secondary N) is 2. The minimum absolute atomic E-state index is 0.0170. The number of ether oxygens (including phenoxy) is 2. The highest BCUT2D eigenvalue weighted by atomic mass is 35.5. The number of hydrogen-bond acceptors (Lipinski definition) is 12. The van der Waals surface area contributed by atoms with E-state index in [9.17, 15) is 14.5 Å². The van der Waals surface area contributed by atoms with E-state index in [0.717, 1.165) is 0 Å². The molecule has 1 fully saturated rings. The summed E-state index contributed by atoms with van der Waals surface area (Å²) in [5.74, 6) is -0.0582. The van der Waals surface area contributed by atoms with Crippen molar-refractivity contribution in [1.29, 1.82) is 0 Å². The molecule has 0 saturated carbocycles. The first kappa shape index (κ1) is 29.7. The van der Waals surface area contributed by atoms with Gasteiger partial charge in [0.05, 0.1) is 19.5 Å². The number of carbonyl (C=O) groups is 1. The lowest BCUT2D eigenvalue weighted by Crippen LogP contribution is -2.41. The molecule has 5 N–H and O–H groups in total. The van der Waals surface area contributed by atoms with Crippen LogP contribution in [0, 0.1) is 0 Å². The third kappa shape index (κ3) is 5.92. The van der Waals surface area contributed by atoms with Crippen LogP contribution in [0.3, 0.4) is 0 Å². The van der Waals surface area contributed by atoms with E-state index < -0.39 is 49.7 Å². The lowest BCUT2D eigenvalue weighted by molar-refractivity contribution is -0.144. The molecule has 0 spiro atoms. The van der Waals surface area contributed by atoms with Gasteiger partial charge in [0, 0.05) is 7.05 Å². The van der Waals surface area contributed by atoms with Crippen LogP contribution in [0.2, 0.25) is 0 Å². The van der Waals surface area contributed by atoms with Gasteiger partial charge in [0.1, 0.15) is 28.9 Å². The number of esters is 1. The molecule has 14 nitrogen and oxygen atoms in total. The Morgan fingerprint density at radius 3 is 2.77 bits per heavy atom. The number of aliphatic hydroxyl groups is 1. The average molecular weight is 596 g/mol. The quantitative estimate of drug-likeness (QED) is 0.104. The van der Waals surface area contributed by atoms with Crippen LogP contribution in [0.25, 0.3) is 11.2 Å². The summed E-state index contributed by atoms with van der Waals surface area (Å²) < 4.78 is 37.7. The van der Waals surface area contributed by atoms with E-state index in [-0.39, 0.29) is 18.3 Å². The largest absolute Gasteiger partial charge is 0.465 e. The number of nitrogens with two attached hydrogens (primary N) is 1. The van der Waals surface area contributed by atoms with Crippen LogP contribution in [0.5, 0.6) is 5.75 Å². The monoisotopic (exact) mass is 595 g/mol. The van der Waals surface area contributed by atoms with Crippen LogP contribution < -0.4 is 20.7 Å². The minimum atomic E-state index is -4.22. The zero-order valence-electron chi connectivity index (χ0n) is 22.1. The number of nitrogens with zero attached hydrogens (tertiary/aromatic N) is 4. The Hall–Kier alpha value is -3.26. The molecular formula is C24H31ClN7O7P. The number of anilines is 2. The molecule has 1 aliphatic rings. The van der Waals surface area contributed by atoms with Gasteiger partial charge >= 0.3 is 13.7 Å². The van der Waals surface area contributed by atoms with Gasteiger partial charge in [-0.1, -0.05) is 24.3 Å². The molecule has 1 saturated heterocycles. The first-order valence-electron chi connectivity index (χ1n) is 12.3. The molecule has 3 heterocycles. The second-order valence-corrected chi connectivity index (χ2v) is 11.2. The third-order valence-electron chi connectivity index (χ3n) is 6.10. The summed E-state index contributed by atoms with van der Waals surface area (Å²) in [5, 5.41) is 16.7. The van der Waals surface area contributed by atoms with Gasteiger partial charge in [-0.25, -0.2) is 9.55 Å². The fourth-order valence-corrected chi connectivity index (χ4v) is 5.92. The number of nitrogen functional groups attached to an aromatic ring is 1. The number of halogens is 1. The van der Waals surface area contributed by atoms with E-state index in [1.54, 1.807) is 44.3 Å². The predicted octanol–water partition coefficient (Wildman–Crippen LogP) is 2.62. The Bertz CT molecular complexity index is 1410. The summed E-state index contributed by atoms with van der Waals surface area (Å²) in [6.07, 6.45) is -0.814. The molecule has 1 aliphatic heterocycles. The summed E-state index contributed by atoms with van der Waals surface area (Å²) in [6.45, 7) is 6.57. The highest BCUT2D eigenvalue weighted by molar-refractivity contribution is 7.52. The lowest BCUT2D eigenvalue weighted by atomic mass is 9.99. The number of alkyl halides is 1. The van der Waals surface area contributed by atoms with Crippen molar-refractivity contribution in [3.8, 4) is 5.75 Å². The maximum Gasteiger partial charge on any atom is 0.459 e. The predicted molar refractivity (Wildman–Crippen MR) is 148 cm³/mol. The summed E-state index contributed by atoms with van der Waals surface area (Å²) >= 11 is 6.85. The minimum Gasteiger partial charge on any atom is -0.465 e. The average Bonchev–Trinajstić information content (AvgIpc) is 3.46. The van der Waals surface area contributed by atoms with Gasteiger partial charge in [0.15, 0.2) is 23.2 Å². The van der Waals surface area contributed by atoms with Crippen molar-refractivity contribution in [3.05, 3.63) is 49.3 Å². The second-order valence-electron chi connectivity index (χ2n) is 8.81.